The van der Waals surface area contributed by atoms with E-state index in [0.29, 0.717) is 5.02 Å². The van der Waals surface area contributed by atoms with Gasteiger partial charge in [-0.15, -0.1) is 0 Å². The quantitative estimate of drug-likeness (QED) is 0.787. The maximum atomic E-state index is 6.19. The molecule has 0 aliphatic rings. The van der Waals surface area contributed by atoms with Crippen molar-refractivity contribution >= 4 is 22.6 Å². The summed E-state index contributed by atoms with van der Waals surface area (Å²) in [6.07, 6.45) is 0.758. The summed E-state index contributed by atoms with van der Waals surface area (Å²) in [4.78, 5) is 7.82. The van der Waals surface area contributed by atoms with E-state index in [1.165, 1.54) is 5.56 Å². The number of fused-ring (bicyclic) bond motifs is 1. The topological polar surface area (TPSA) is 37.9 Å². The van der Waals surface area contributed by atoms with Crippen LogP contribution in [0.15, 0.2) is 42.5 Å². The highest BCUT2D eigenvalue weighted by molar-refractivity contribution is 6.35. The Bertz CT molecular complexity index is 707. The number of methoxy groups -OCH3 is 1. The van der Waals surface area contributed by atoms with Crippen LogP contribution in [0.5, 0.6) is 5.75 Å². The first-order valence-electron chi connectivity index (χ1n) is 6.02. The van der Waals surface area contributed by atoms with Crippen molar-refractivity contribution in [2.24, 2.45) is 0 Å². The lowest BCUT2D eigenvalue weighted by molar-refractivity contribution is 0.415. The van der Waals surface area contributed by atoms with Crippen LogP contribution < -0.4 is 4.74 Å². The molecule has 3 nitrogen and oxygen atoms in total. The third-order valence-electron chi connectivity index (χ3n) is 3.01. The van der Waals surface area contributed by atoms with Crippen molar-refractivity contribution in [2.75, 3.05) is 7.11 Å². The number of halogens is 1. The third-order valence-corrected chi connectivity index (χ3v) is 3.30. The van der Waals surface area contributed by atoms with Crippen molar-refractivity contribution in [3.05, 3.63) is 58.9 Å². The predicted molar refractivity (Wildman–Crippen MR) is 76.9 cm³/mol. The first-order valence-corrected chi connectivity index (χ1v) is 6.40. The third kappa shape index (κ3) is 2.42. The molecule has 1 aromatic heterocycles. The molecule has 0 spiro atoms. The number of imidazole rings is 1. The molecular weight excluding hydrogens is 260 g/mol. The molecule has 0 radical (unpaired) electrons. The largest absolute Gasteiger partial charge is 0.497 e. The van der Waals surface area contributed by atoms with Crippen molar-refractivity contribution in [3.63, 3.8) is 0 Å². The van der Waals surface area contributed by atoms with E-state index in [4.69, 9.17) is 16.3 Å². The zero-order valence-corrected chi connectivity index (χ0v) is 11.2. The normalized spacial score (nSPS) is 10.8. The van der Waals surface area contributed by atoms with E-state index >= 15 is 0 Å². The Morgan fingerprint density at radius 2 is 2.00 bits per heavy atom. The van der Waals surface area contributed by atoms with Crippen LogP contribution in [0.3, 0.4) is 0 Å². The standard InChI is InChI=1S/C15H13ClN2O/c1-19-11-8-12(16)15-13(9-11)17-14(18-15)7-10-5-3-2-4-6-10/h2-6,8-9H,7H2,1H3,(H,17,18). The van der Waals surface area contributed by atoms with Crippen LogP contribution in [-0.4, -0.2) is 17.1 Å². The highest BCUT2D eigenvalue weighted by atomic mass is 35.5. The van der Waals surface area contributed by atoms with Gasteiger partial charge in [0.15, 0.2) is 0 Å². The molecule has 0 aliphatic carbocycles. The number of hydrogen-bond acceptors (Lipinski definition) is 2. The second-order valence-electron chi connectivity index (χ2n) is 4.35. The lowest BCUT2D eigenvalue weighted by Gasteiger charge is -1.99. The van der Waals surface area contributed by atoms with Crippen LogP contribution in [0, 0.1) is 0 Å². The number of hydrogen-bond donors (Lipinski definition) is 1. The molecule has 0 aliphatic heterocycles. The Balaban J connectivity index is 2.00. The number of aromatic nitrogens is 2. The molecule has 0 fully saturated rings. The number of nitrogens with zero attached hydrogens (tertiary/aromatic N) is 1. The summed E-state index contributed by atoms with van der Waals surface area (Å²) in [7, 11) is 1.62. The second kappa shape index (κ2) is 4.94. The second-order valence-corrected chi connectivity index (χ2v) is 4.76. The van der Waals surface area contributed by atoms with Gasteiger partial charge in [0.05, 0.1) is 17.6 Å². The molecule has 0 saturated carbocycles. The van der Waals surface area contributed by atoms with Crippen molar-refractivity contribution in [1.29, 1.82) is 0 Å². The summed E-state index contributed by atoms with van der Waals surface area (Å²) in [5, 5.41) is 0.602. The van der Waals surface area contributed by atoms with Crippen molar-refractivity contribution in [2.45, 2.75) is 6.42 Å². The van der Waals surface area contributed by atoms with Gasteiger partial charge in [0, 0.05) is 18.6 Å². The van der Waals surface area contributed by atoms with E-state index in [1.807, 2.05) is 24.3 Å². The SMILES string of the molecule is COc1cc(Cl)c2nc(Cc3ccccc3)[nH]c2c1. The van der Waals surface area contributed by atoms with Crippen molar-refractivity contribution < 1.29 is 4.74 Å². The number of rotatable bonds is 3. The molecule has 96 valence electrons. The molecular formula is C15H13ClN2O. The molecule has 2 aromatic carbocycles. The molecule has 0 bridgehead atoms. The fourth-order valence-corrected chi connectivity index (χ4v) is 2.34. The van der Waals surface area contributed by atoms with Crippen LogP contribution >= 0.6 is 11.6 Å². The van der Waals surface area contributed by atoms with Crippen LogP contribution in [0.4, 0.5) is 0 Å². The fourth-order valence-electron chi connectivity index (χ4n) is 2.09. The predicted octanol–water partition coefficient (Wildman–Crippen LogP) is 3.82. The van der Waals surface area contributed by atoms with Gasteiger partial charge in [0.2, 0.25) is 0 Å². The summed E-state index contributed by atoms with van der Waals surface area (Å²) in [6, 6.07) is 13.9. The number of H-pyrrole nitrogens is 1. The van der Waals surface area contributed by atoms with E-state index in [0.717, 1.165) is 29.0 Å². The zero-order valence-electron chi connectivity index (χ0n) is 10.5. The first-order chi connectivity index (χ1) is 9.26. The van der Waals surface area contributed by atoms with Gasteiger partial charge < -0.3 is 9.72 Å². The van der Waals surface area contributed by atoms with E-state index in [-0.39, 0.29) is 0 Å². The minimum atomic E-state index is 0.602. The van der Waals surface area contributed by atoms with Gasteiger partial charge in [-0.1, -0.05) is 41.9 Å². The number of benzene rings is 2. The zero-order chi connectivity index (χ0) is 13.2. The molecule has 0 atom stereocenters. The van der Waals surface area contributed by atoms with Gasteiger partial charge in [-0.05, 0) is 5.56 Å². The maximum absolute atomic E-state index is 6.19. The van der Waals surface area contributed by atoms with E-state index in [9.17, 15) is 0 Å². The summed E-state index contributed by atoms with van der Waals surface area (Å²) >= 11 is 6.19. The molecule has 0 saturated heterocycles. The smallest absolute Gasteiger partial charge is 0.122 e. The minimum Gasteiger partial charge on any atom is -0.497 e. The lowest BCUT2D eigenvalue weighted by atomic mass is 10.1. The van der Waals surface area contributed by atoms with E-state index < -0.39 is 0 Å². The van der Waals surface area contributed by atoms with Crippen LogP contribution in [0.2, 0.25) is 5.02 Å². The molecule has 3 rings (SSSR count). The van der Waals surface area contributed by atoms with Crippen LogP contribution in [-0.2, 0) is 6.42 Å². The Morgan fingerprint density at radius 3 is 2.74 bits per heavy atom. The summed E-state index contributed by atoms with van der Waals surface area (Å²) < 4.78 is 5.20. The Labute approximate surface area is 116 Å². The molecule has 0 unspecified atom stereocenters. The lowest BCUT2D eigenvalue weighted by Crippen LogP contribution is -1.89. The monoisotopic (exact) mass is 272 g/mol. The summed E-state index contributed by atoms with van der Waals surface area (Å²) in [5.41, 5.74) is 2.90. The Morgan fingerprint density at radius 1 is 1.21 bits per heavy atom. The number of aromatic amines is 1. The fraction of sp³-hybridized carbons (Fsp3) is 0.133. The molecule has 19 heavy (non-hydrogen) atoms. The van der Waals surface area contributed by atoms with Gasteiger partial charge >= 0.3 is 0 Å². The molecule has 1 N–H and O–H groups in total. The summed E-state index contributed by atoms with van der Waals surface area (Å²) in [6.45, 7) is 0. The number of ether oxygens (including phenoxy) is 1. The molecule has 1 heterocycles. The highest BCUT2D eigenvalue weighted by Gasteiger charge is 2.09. The van der Waals surface area contributed by atoms with Gasteiger partial charge in [-0.2, -0.15) is 0 Å². The van der Waals surface area contributed by atoms with Gasteiger partial charge in [-0.3, -0.25) is 0 Å². The average Bonchev–Trinajstić information content (AvgIpc) is 2.83. The van der Waals surface area contributed by atoms with Crippen LogP contribution in [0.1, 0.15) is 11.4 Å². The molecule has 3 aromatic rings. The van der Waals surface area contributed by atoms with Crippen LogP contribution in [0.25, 0.3) is 11.0 Å². The maximum Gasteiger partial charge on any atom is 0.122 e. The highest BCUT2D eigenvalue weighted by Crippen LogP contribution is 2.27. The van der Waals surface area contributed by atoms with Crippen molar-refractivity contribution in [1.82, 2.24) is 9.97 Å². The van der Waals surface area contributed by atoms with E-state index in [2.05, 4.69) is 22.1 Å². The first kappa shape index (κ1) is 12.1. The molecule has 4 heteroatoms. The van der Waals surface area contributed by atoms with Gasteiger partial charge in [-0.25, -0.2) is 4.98 Å². The Hall–Kier alpha value is -2.00. The molecule has 0 amide bonds. The minimum absolute atomic E-state index is 0.602. The van der Waals surface area contributed by atoms with Gasteiger partial charge in [0.1, 0.15) is 17.1 Å². The van der Waals surface area contributed by atoms with E-state index in [1.54, 1.807) is 13.2 Å². The number of nitrogens with one attached hydrogen (secondary N) is 1. The summed E-state index contributed by atoms with van der Waals surface area (Å²) in [5.74, 6) is 1.63. The van der Waals surface area contributed by atoms with Crippen molar-refractivity contribution in [3.8, 4) is 5.75 Å². The average molecular weight is 273 g/mol. The van der Waals surface area contributed by atoms with Gasteiger partial charge in [0.25, 0.3) is 0 Å². The Kier molecular flexibility index (Phi) is 3.13.